The van der Waals surface area contributed by atoms with Crippen LogP contribution in [0.15, 0.2) is 24.3 Å². The summed E-state index contributed by atoms with van der Waals surface area (Å²) in [5.74, 6) is 0.775. The molecule has 2 aliphatic heterocycles. The molecule has 0 aliphatic carbocycles. The molecule has 0 amide bonds. The molecular formula is C17H25N3O2. The molecule has 1 aromatic rings. The number of piperidine rings is 1. The number of para-hydroxylation sites is 1. The predicted octanol–water partition coefficient (Wildman–Crippen LogP) is 3.12. The van der Waals surface area contributed by atoms with Crippen LogP contribution >= 0.6 is 0 Å². The first-order valence-electron chi connectivity index (χ1n) is 8.37. The number of nitrogens with zero attached hydrogens (tertiary/aromatic N) is 2. The van der Waals surface area contributed by atoms with E-state index in [4.69, 9.17) is 0 Å². The first-order valence-corrected chi connectivity index (χ1v) is 8.37. The van der Waals surface area contributed by atoms with Crippen LogP contribution in [0.3, 0.4) is 0 Å². The van der Waals surface area contributed by atoms with E-state index in [2.05, 4.69) is 17.1 Å². The van der Waals surface area contributed by atoms with Gasteiger partial charge in [0.05, 0.1) is 4.92 Å². The highest BCUT2D eigenvalue weighted by Crippen LogP contribution is 2.33. The zero-order valence-corrected chi connectivity index (χ0v) is 13.2. The van der Waals surface area contributed by atoms with Gasteiger partial charge in [-0.15, -0.1) is 0 Å². The van der Waals surface area contributed by atoms with Crippen molar-refractivity contribution in [2.24, 2.45) is 5.92 Å². The number of likely N-dealkylation sites (tertiary alicyclic amines) is 1. The van der Waals surface area contributed by atoms with Gasteiger partial charge in [0.1, 0.15) is 0 Å². The Bertz CT molecular complexity index is 520. The Hall–Kier alpha value is -1.46. The lowest BCUT2D eigenvalue weighted by Gasteiger charge is -2.38. The van der Waals surface area contributed by atoms with Gasteiger partial charge in [-0.05, 0) is 58.2 Å². The molecule has 0 aromatic heterocycles. The summed E-state index contributed by atoms with van der Waals surface area (Å²) in [7, 11) is 0. The monoisotopic (exact) mass is 303 g/mol. The zero-order chi connectivity index (χ0) is 15.5. The number of nitro benzene ring substituents is 1. The molecule has 0 bridgehead atoms. The van der Waals surface area contributed by atoms with Gasteiger partial charge < -0.3 is 5.32 Å². The minimum absolute atomic E-state index is 0.110. The van der Waals surface area contributed by atoms with E-state index in [0.717, 1.165) is 31.1 Å². The number of nitrogens with one attached hydrogen (secondary N) is 1. The Labute approximate surface area is 131 Å². The van der Waals surface area contributed by atoms with Gasteiger partial charge in [-0.25, -0.2) is 0 Å². The predicted molar refractivity (Wildman–Crippen MR) is 86.8 cm³/mol. The maximum atomic E-state index is 11.2. The molecule has 3 rings (SSSR count). The molecule has 2 saturated heterocycles. The van der Waals surface area contributed by atoms with Crippen LogP contribution in [0.1, 0.15) is 44.2 Å². The third kappa shape index (κ3) is 3.15. The van der Waals surface area contributed by atoms with Crippen molar-refractivity contribution >= 4 is 5.69 Å². The van der Waals surface area contributed by atoms with Crippen LogP contribution in [0.4, 0.5) is 5.69 Å². The SMILES string of the molecule is CC(c1ccccc1[N+](=O)[O-])N1CCC(C2CCCN2)CC1. The van der Waals surface area contributed by atoms with Crippen molar-refractivity contribution in [2.45, 2.75) is 44.7 Å². The van der Waals surface area contributed by atoms with Gasteiger partial charge in [-0.2, -0.15) is 0 Å². The summed E-state index contributed by atoms with van der Waals surface area (Å²) in [6.45, 7) is 5.33. The fourth-order valence-corrected chi connectivity index (χ4v) is 4.03. The second-order valence-electron chi connectivity index (χ2n) is 6.57. The summed E-state index contributed by atoms with van der Waals surface area (Å²) in [6, 6.07) is 7.96. The van der Waals surface area contributed by atoms with Crippen LogP contribution in [0.2, 0.25) is 0 Å². The molecule has 120 valence electrons. The Kier molecular flexibility index (Phi) is 4.74. The smallest absolute Gasteiger partial charge is 0.274 e. The number of benzene rings is 1. The number of hydrogen-bond acceptors (Lipinski definition) is 4. The second-order valence-corrected chi connectivity index (χ2v) is 6.57. The minimum Gasteiger partial charge on any atom is -0.314 e. The molecule has 0 saturated carbocycles. The van der Waals surface area contributed by atoms with Gasteiger partial charge >= 0.3 is 0 Å². The summed E-state index contributed by atoms with van der Waals surface area (Å²) in [5, 5.41) is 14.8. The van der Waals surface area contributed by atoms with E-state index >= 15 is 0 Å². The van der Waals surface area contributed by atoms with Crippen LogP contribution in [0, 0.1) is 16.0 Å². The van der Waals surface area contributed by atoms with Gasteiger partial charge in [0.15, 0.2) is 0 Å². The second kappa shape index (κ2) is 6.75. The quantitative estimate of drug-likeness (QED) is 0.686. The molecule has 2 unspecified atom stereocenters. The van der Waals surface area contributed by atoms with E-state index in [1.165, 1.54) is 25.7 Å². The van der Waals surface area contributed by atoms with Gasteiger partial charge in [0.25, 0.3) is 5.69 Å². The van der Waals surface area contributed by atoms with Gasteiger partial charge in [0, 0.05) is 23.7 Å². The van der Waals surface area contributed by atoms with Crippen molar-refractivity contribution in [3.05, 3.63) is 39.9 Å². The van der Waals surface area contributed by atoms with E-state index in [0.29, 0.717) is 6.04 Å². The van der Waals surface area contributed by atoms with E-state index in [-0.39, 0.29) is 16.7 Å². The molecule has 2 atom stereocenters. The normalized spacial score (nSPS) is 25.2. The summed E-state index contributed by atoms with van der Waals surface area (Å²) in [4.78, 5) is 13.3. The van der Waals surface area contributed by atoms with Crippen LogP contribution in [0.5, 0.6) is 0 Å². The van der Waals surface area contributed by atoms with Gasteiger partial charge in [-0.3, -0.25) is 15.0 Å². The fraction of sp³-hybridized carbons (Fsp3) is 0.647. The maximum Gasteiger partial charge on any atom is 0.274 e. The molecule has 0 radical (unpaired) electrons. The zero-order valence-electron chi connectivity index (χ0n) is 13.2. The van der Waals surface area contributed by atoms with Crippen LogP contribution in [-0.4, -0.2) is 35.5 Å². The first kappa shape index (κ1) is 15.4. The van der Waals surface area contributed by atoms with Gasteiger partial charge in [0.2, 0.25) is 0 Å². The molecule has 1 N–H and O–H groups in total. The summed E-state index contributed by atoms with van der Waals surface area (Å²) >= 11 is 0. The highest BCUT2D eigenvalue weighted by Gasteiger charge is 2.31. The first-order chi connectivity index (χ1) is 10.7. The van der Waals surface area contributed by atoms with Crippen LogP contribution < -0.4 is 5.32 Å². The number of rotatable bonds is 4. The minimum atomic E-state index is -0.263. The van der Waals surface area contributed by atoms with Crippen LogP contribution in [-0.2, 0) is 0 Å². The third-order valence-electron chi connectivity index (χ3n) is 5.37. The van der Waals surface area contributed by atoms with E-state index in [9.17, 15) is 10.1 Å². The largest absolute Gasteiger partial charge is 0.314 e. The lowest BCUT2D eigenvalue weighted by molar-refractivity contribution is -0.386. The van der Waals surface area contributed by atoms with Crippen molar-refractivity contribution in [3.63, 3.8) is 0 Å². The highest BCUT2D eigenvalue weighted by atomic mass is 16.6. The molecule has 2 aliphatic rings. The molecule has 1 aromatic carbocycles. The standard InChI is InChI=1S/C17H25N3O2/c1-13(15-5-2-3-7-17(15)20(21)22)19-11-8-14(9-12-19)16-6-4-10-18-16/h2-3,5,7,13-14,16,18H,4,6,8-12H2,1H3. The van der Waals surface area contributed by atoms with E-state index < -0.39 is 0 Å². The molecule has 5 nitrogen and oxygen atoms in total. The highest BCUT2D eigenvalue weighted by molar-refractivity contribution is 5.41. The van der Waals surface area contributed by atoms with Crippen molar-refractivity contribution in [1.82, 2.24) is 10.2 Å². The van der Waals surface area contributed by atoms with E-state index in [1.54, 1.807) is 12.1 Å². The Morgan fingerprint density at radius 3 is 2.64 bits per heavy atom. The lowest BCUT2D eigenvalue weighted by Crippen LogP contribution is -2.41. The van der Waals surface area contributed by atoms with Crippen molar-refractivity contribution < 1.29 is 4.92 Å². The van der Waals surface area contributed by atoms with E-state index in [1.807, 2.05) is 12.1 Å². The summed E-state index contributed by atoms with van der Waals surface area (Å²) in [5.41, 5.74) is 1.08. The maximum absolute atomic E-state index is 11.2. The average Bonchev–Trinajstić information content (AvgIpc) is 3.09. The van der Waals surface area contributed by atoms with Crippen molar-refractivity contribution in [1.29, 1.82) is 0 Å². The Morgan fingerprint density at radius 1 is 1.27 bits per heavy atom. The van der Waals surface area contributed by atoms with Crippen LogP contribution in [0.25, 0.3) is 0 Å². The summed E-state index contributed by atoms with van der Waals surface area (Å²) in [6.07, 6.45) is 5.01. The third-order valence-corrected chi connectivity index (χ3v) is 5.37. The topological polar surface area (TPSA) is 58.4 Å². The molecular weight excluding hydrogens is 278 g/mol. The molecule has 22 heavy (non-hydrogen) atoms. The van der Waals surface area contributed by atoms with Gasteiger partial charge in [-0.1, -0.05) is 18.2 Å². The molecule has 5 heteroatoms. The fourth-order valence-electron chi connectivity index (χ4n) is 4.03. The molecule has 2 heterocycles. The summed E-state index contributed by atoms with van der Waals surface area (Å²) < 4.78 is 0. The average molecular weight is 303 g/mol. The lowest BCUT2D eigenvalue weighted by atomic mass is 9.87. The van der Waals surface area contributed by atoms with Crippen molar-refractivity contribution in [3.8, 4) is 0 Å². The number of nitro groups is 1. The van der Waals surface area contributed by atoms with Crippen molar-refractivity contribution in [2.75, 3.05) is 19.6 Å². The molecule has 2 fully saturated rings. The number of hydrogen-bond donors (Lipinski definition) is 1. The Balaban J connectivity index is 1.64. The molecule has 0 spiro atoms. The Morgan fingerprint density at radius 2 is 2.00 bits per heavy atom.